The average Bonchev–Trinajstić information content (AvgIpc) is 2.66. The maximum absolute atomic E-state index is 11.3. The molecule has 0 spiro atoms. The number of amides is 1. The van der Waals surface area contributed by atoms with Gasteiger partial charge in [0.2, 0.25) is 5.91 Å². The van der Waals surface area contributed by atoms with Crippen molar-refractivity contribution < 1.29 is 9.90 Å². The lowest BCUT2D eigenvalue weighted by atomic mass is 10.2. The third-order valence-corrected chi connectivity index (χ3v) is 2.16. The van der Waals surface area contributed by atoms with E-state index in [0.29, 0.717) is 0 Å². The van der Waals surface area contributed by atoms with Gasteiger partial charge in [0.05, 0.1) is 12.1 Å². The van der Waals surface area contributed by atoms with Crippen LogP contribution in [0.5, 0.6) is 0 Å². The standard InChI is InChI=1S/C8H17N3O2/c9-4-6(12)5-11-8(13)7-2-1-3-10-7/h6-7,10,12H,1-5,9H2,(H,11,13)/t6?,7-/m1/s1. The van der Waals surface area contributed by atoms with E-state index < -0.39 is 6.10 Å². The number of rotatable bonds is 4. The molecule has 1 unspecified atom stereocenters. The summed E-state index contributed by atoms with van der Waals surface area (Å²) in [6, 6.07) is -0.0787. The van der Waals surface area contributed by atoms with Crippen molar-refractivity contribution in [3.8, 4) is 0 Å². The maximum atomic E-state index is 11.3. The fourth-order valence-electron chi connectivity index (χ4n) is 1.33. The highest BCUT2D eigenvalue weighted by Gasteiger charge is 2.21. The van der Waals surface area contributed by atoms with Gasteiger partial charge in [0.1, 0.15) is 0 Å². The Bertz CT molecular complexity index is 169. The summed E-state index contributed by atoms with van der Waals surface area (Å²) in [4.78, 5) is 11.3. The van der Waals surface area contributed by atoms with Crippen LogP contribution in [0.1, 0.15) is 12.8 Å². The second-order valence-electron chi connectivity index (χ2n) is 3.28. The Kier molecular flexibility index (Phi) is 4.14. The molecular weight excluding hydrogens is 170 g/mol. The monoisotopic (exact) mass is 187 g/mol. The molecule has 5 N–H and O–H groups in total. The first-order valence-electron chi connectivity index (χ1n) is 4.63. The van der Waals surface area contributed by atoms with Gasteiger partial charge in [-0.1, -0.05) is 0 Å². The average molecular weight is 187 g/mol. The predicted octanol–water partition coefficient (Wildman–Crippen LogP) is -1.83. The molecule has 1 aliphatic heterocycles. The van der Waals surface area contributed by atoms with Crippen LogP contribution in [0, 0.1) is 0 Å². The van der Waals surface area contributed by atoms with Crippen LogP contribution >= 0.6 is 0 Å². The molecule has 0 aromatic rings. The van der Waals surface area contributed by atoms with E-state index in [9.17, 15) is 4.79 Å². The van der Waals surface area contributed by atoms with Crippen molar-refractivity contribution in [3.05, 3.63) is 0 Å². The van der Waals surface area contributed by atoms with Gasteiger partial charge in [0, 0.05) is 13.1 Å². The minimum Gasteiger partial charge on any atom is -0.390 e. The second-order valence-corrected chi connectivity index (χ2v) is 3.28. The molecule has 1 rings (SSSR count). The third kappa shape index (κ3) is 3.30. The smallest absolute Gasteiger partial charge is 0.237 e. The van der Waals surface area contributed by atoms with Crippen molar-refractivity contribution in [1.29, 1.82) is 0 Å². The lowest BCUT2D eigenvalue weighted by molar-refractivity contribution is -0.123. The molecule has 0 radical (unpaired) electrons. The summed E-state index contributed by atoms with van der Waals surface area (Å²) in [5.74, 6) is -0.0370. The fourth-order valence-corrected chi connectivity index (χ4v) is 1.33. The number of carbonyl (C=O) groups excluding carboxylic acids is 1. The molecule has 0 saturated carbocycles. The zero-order valence-electron chi connectivity index (χ0n) is 7.62. The van der Waals surface area contributed by atoms with Gasteiger partial charge >= 0.3 is 0 Å². The number of nitrogens with two attached hydrogens (primary N) is 1. The first-order chi connectivity index (χ1) is 6.24. The first-order valence-corrected chi connectivity index (χ1v) is 4.63. The SMILES string of the molecule is NCC(O)CNC(=O)[C@H]1CCCN1. The van der Waals surface area contributed by atoms with Crippen molar-refractivity contribution in [2.75, 3.05) is 19.6 Å². The topological polar surface area (TPSA) is 87.4 Å². The minimum absolute atomic E-state index is 0.0370. The highest BCUT2D eigenvalue weighted by atomic mass is 16.3. The summed E-state index contributed by atoms with van der Waals surface area (Å²) in [7, 11) is 0. The van der Waals surface area contributed by atoms with Gasteiger partial charge in [-0.3, -0.25) is 4.79 Å². The quantitative estimate of drug-likeness (QED) is 0.417. The Morgan fingerprint density at radius 1 is 1.77 bits per heavy atom. The molecule has 1 fully saturated rings. The molecule has 1 aliphatic rings. The van der Waals surface area contributed by atoms with Gasteiger partial charge < -0.3 is 21.5 Å². The molecule has 1 amide bonds. The van der Waals surface area contributed by atoms with Gasteiger partial charge in [0.25, 0.3) is 0 Å². The Hall–Kier alpha value is -0.650. The Morgan fingerprint density at radius 2 is 2.54 bits per heavy atom. The number of hydrogen-bond donors (Lipinski definition) is 4. The predicted molar refractivity (Wildman–Crippen MR) is 49.1 cm³/mol. The van der Waals surface area contributed by atoms with Crippen LogP contribution in [0.15, 0.2) is 0 Å². The molecule has 0 aromatic carbocycles. The lowest BCUT2D eigenvalue weighted by Crippen LogP contribution is -2.44. The van der Waals surface area contributed by atoms with Crippen LogP contribution in [-0.4, -0.2) is 42.8 Å². The van der Waals surface area contributed by atoms with Gasteiger partial charge in [-0.05, 0) is 19.4 Å². The number of aliphatic hydroxyl groups excluding tert-OH is 1. The maximum Gasteiger partial charge on any atom is 0.237 e. The molecule has 76 valence electrons. The van der Waals surface area contributed by atoms with E-state index in [1.165, 1.54) is 0 Å². The fraction of sp³-hybridized carbons (Fsp3) is 0.875. The van der Waals surface area contributed by atoms with Crippen LogP contribution in [0.3, 0.4) is 0 Å². The van der Waals surface area contributed by atoms with Crippen molar-refractivity contribution in [2.24, 2.45) is 5.73 Å². The first kappa shape index (κ1) is 10.4. The second kappa shape index (κ2) is 5.16. The Labute approximate surface area is 77.7 Å². The number of carbonyl (C=O) groups is 1. The summed E-state index contributed by atoms with van der Waals surface area (Å²) in [6.45, 7) is 1.32. The normalized spacial score (nSPS) is 24.3. The third-order valence-electron chi connectivity index (χ3n) is 2.16. The molecule has 13 heavy (non-hydrogen) atoms. The molecule has 2 atom stereocenters. The van der Waals surface area contributed by atoms with Crippen molar-refractivity contribution in [3.63, 3.8) is 0 Å². The molecule has 0 aliphatic carbocycles. The summed E-state index contributed by atoms with van der Waals surface area (Å²) in [5, 5.41) is 14.8. The molecule has 1 saturated heterocycles. The number of hydrogen-bond acceptors (Lipinski definition) is 4. The highest BCUT2D eigenvalue weighted by molar-refractivity contribution is 5.81. The van der Waals surface area contributed by atoms with Gasteiger partial charge in [-0.15, -0.1) is 0 Å². The molecule has 0 bridgehead atoms. The van der Waals surface area contributed by atoms with E-state index in [0.717, 1.165) is 19.4 Å². The van der Waals surface area contributed by atoms with Crippen molar-refractivity contribution in [2.45, 2.75) is 25.0 Å². The zero-order chi connectivity index (χ0) is 9.68. The van der Waals surface area contributed by atoms with E-state index in [4.69, 9.17) is 10.8 Å². The van der Waals surface area contributed by atoms with Gasteiger partial charge in [-0.2, -0.15) is 0 Å². The molecule has 1 heterocycles. The largest absolute Gasteiger partial charge is 0.390 e. The Morgan fingerprint density at radius 3 is 3.08 bits per heavy atom. The number of aliphatic hydroxyl groups is 1. The molecular formula is C8H17N3O2. The highest BCUT2D eigenvalue weighted by Crippen LogP contribution is 2.04. The molecule has 5 nitrogen and oxygen atoms in total. The van der Waals surface area contributed by atoms with E-state index in [-0.39, 0.29) is 25.0 Å². The van der Waals surface area contributed by atoms with Gasteiger partial charge in [0.15, 0.2) is 0 Å². The summed E-state index contributed by atoms with van der Waals surface area (Å²) in [5.41, 5.74) is 5.19. The number of nitrogens with one attached hydrogen (secondary N) is 2. The van der Waals surface area contributed by atoms with Crippen LogP contribution < -0.4 is 16.4 Å². The molecule has 5 heteroatoms. The van der Waals surface area contributed by atoms with Crippen LogP contribution in [0.2, 0.25) is 0 Å². The minimum atomic E-state index is -0.634. The van der Waals surface area contributed by atoms with Crippen LogP contribution in [-0.2, 0) is 4.79 Å². The zero-order valence-corrected chi connectivity index (χ0v) is 7.62. The summed E-state index contributed by atoms with van der Waals surface area (Å²) in [6.07, 6.45) is 1.28. The van der Waals surface area contributed by atoms with Gasteiger partial charge in [-0.25, -0.2) is 0 Å². The van der Waals surface area contributed by atoms with E-state index in [2.05, 4.69) is 10.6 Å². The van der Waals surface area contributed by atoms with Crippen molar-refractivity contribution in [1.82, 2.24) is 10.6 Å². The summed E-state index contributed by atoms with van der Waals surface area (Å²) >= 11 is 0. The Balaban J connectivity index is 2.16. The van der Waals surface area contributed by atoms with E-state index in [1.54, 1.807) is 0 Å². The summed E-state index contributed by atoms with van der Waals surface area (Å²) < 4.78 is 0. The van der Waals surface area contributed by atoms with Crippen LogP contribution in [0.4, 0.5) is 0 Å². The van der Waals surface area contributed by atoms with Crippen molar-refractivity contribution >= 4 is 5.91 Å². The molecule has 0 aromatic heterocycles. The lowest BCUT2D eigenvalue weighted by Gasteiger charge is -2.13. The van der Waals surface area contributed by atoms with Crippen LogP contribution in [0.25, 0.3) is 0 Å². The van der Waals surface area contributed by atoms with E-state index in [1.807, 2.05) is 0 Å². The van der Waals surface area contributed by atoms with E-state index >= 15 is 0 Å².